The number of aromatic nitrogens is 3. The summed E-state index contributed by atoms with van der Waals surface area (Å²) in [6, 6.07) is 4.99. The summed E-state index contributed by atoms with van der Waals surface area (Å²) in [6.45, 7) is -0.690. The van der Waals surface area contributed by atoms with Crippen molar-refractivity contribution >= 4 is 22.9 Å². The highest BCUT2D eigenvalue weighted by atomic mass is 16.5. The van der Waals surface area contributed by atoms with Crippen LogP contribution in [0.3, 0.4) is 0 Å². The van der Waals surface area contributed by atoms with Gasteiger partial charge in [-0.2, -0.15) is 0 Å². The largest absolute Gasteiger partial charge is 0.506 e. The van der Waals surface area contributed by atoms with Crippen LogP contribution in [0.15, 0.2) is 35.4 Å². The minimum atomic E-state index is -1.28. The van der Waals surface area contributed by atoms with Crippen LogP contribution in [0.25, 0.3) is 22.2 Å². The molecule has 0 aliphatic carbocycles. The average molecular weight is 384 g/mol. The third-order valence-electron chi connectivity index (χ3n) is 4.10. The zero-order valence-corrected chi connectivity index (χ0v) is 15.0. The van der Waals surface area contributed by atoms with Crippen molar-refractivity contribution in [1.82, 2.24) is 19.9 Å². The number of hydrogen-bond acceptors (Lipinski definition) is 7. The van der Waals surface area contributed by atoms with Crippen LogP contribution in [0.5, 0.6) is 11.6 Å². The lowest BCUT2D eigenvalue weighted by Gasteiger charge is -2.13. The first-order valence-electron chi connectivity index (χ1n) is 8.06. The van der Waals surface area contributed by atoms with Crippen LogP contribution in [-0.2, 0) is 11.8 Å². The van der Waals surface area contributed by atoms with Crippen LogP contribution in [0.1, 0.15) is 10.4 Å². The van der Waals surface area contributed by atoms with Gasteiger partial charge in [-0.1, -0.05) is 0 Å². The summed E-state index contributed by atoms with van der Waals surface area (Å²) in [7, 11) is 2.86. The number of fused-ring (bicyclic) bond motifs is 1. The lowest BCUT2D eigenvalue weighted by atomic mass is 10.1. The van der Waals surface area contributed by atoms with Gasteiger partial charge in [0.2, 0.25) is 5.88 Å². The summed E-state index contributed by atoms with van der Waals surface area (Å²) in [5.41, 5.74) is -0.0582. The van der Waals surface area contributed by atoms with E-state index in [1.807, 2.05) is 0 Å². The second-order valence-electron chi connectivity index (χ2n) is 5.82. The van der Waals surface area contributed by atoms with Crippen molar-refractivity contribution in [2.24, 2.45) is 7.05 Å². The van der Waals surface area contributed by atoms with Gasteiger partial charge in [-0.25, -0.2) is 9.97 Å². The Balaban J connectivity index is 2.21. The van der Waals surface area contributed by atoms with Crippen molar-refractivity contribution in [3.63, 3.8) is 0 Å². The molecule has 3 aromatic heterocycles. The molecule has 144 valence electrons. The smallest absolute Gasteiger partial charge is 0.322 e. The zero-order valence-electron chi connectivity index (χ0n) is 15.0. The summed E-state index contributed by atoms with van der Waals surface area (Å²) in [4.78, 5) is 43.7. The molecular weight excluding hydrogens is 368 g/mol. The number of nitrogens with zero attached hydrogens (tertiary/aromatic N) is 3. The van der Waals surface area contributed by atoms with Crippen LogP contribution in [0.4, 0.5) is 0 Å². The molecule has 0 aliphatic heterocycles. The van der Waals surface area contributed by atoms with E-state index in [9.17, 15) is 19.5 Å². The van der Waals surface area contributed by atoms with Crippen LogP contribution >= 0.6 is 0 Å². The van der Waals surface area contributed by atoms with Gasteiger partial charge in [0.25, 0.3) is 11.5 Å². The Hall–Kier alpha value is -3.95. The fourth-order valence-corrected chi connectivity index (χ4v) is 2.77. The number of carbonyl (C=O) groups excluding carboxylic acids is 1. The van der Waals surface area contributed by atoms with E-state index in [2.05, 4.69) is 15.3 Å². The Labute approximate surface area is 158 Å². The number of amides is 1. The third kappa shape index (κ3) is 3.22. The standard InChI is InChI=1S/C18H16N4O6/c1-22-15-11(14(25)13(18(22)27)16(26)21-8-12(23)24)6-9(7-20-15)10-4-3-5-19-17(10)28-2/h3-7,25H,8H2,1-2H3,(H,21,26)(H,23,24). The first-order chi connectivity index (χ1) is 13.3. The average Bonchev–Trinajstić information content (AvgIpc) is 2.70. The summed E-state index contributed by atoms with van der Waals surface area (Å²) in [6.07, 6.45) is 3.05. The highest BCUT2D eigenvalue weighted by Crippen LogP contribution is 2.32. The van der Waals surface area contributed by atoms with E-state index in [0.717, 1.165) is 4.57 Å². The molecule has 3 aromatic rings. The van der Waals surface area contributed by atoms with E-state index in [0.29, 0.717) is 17.0 Å². The molecule has 10 nitrogen and oxygen atoms in total. The summed E-state index contributed by atoms with van der Waals surface area (Å²) in [5, 5.41) is 21.5. The van der Waals surface area contributed by atoms with E-state index in [1.54, 1.807) is 24.4 Å². The Morgan fingerprint density at radius 3 is 2.75 bits per heavy atom. The molecule has 10 heteroatoms. The number of rotatable bonds is 5. The number of nitrogens with one attached hydrogen (secondary N) is 1. The Morgan fingerprint density at radius 1 is 1.32 bits per heavy atom. The molecule has 0 bridgehead atoms. The van der Waals surface area contributed by atoms with Gasteiger partial charge in [0, 0.05) is 30.6 Å². The quantitative estimate of drug-likeness (QED) is 0.578. The molecule has 0 fully saturated rings. The first-order valence-corrected chi connectivity index (χ1v) is 8.06. The Kier molecular flexibility index (Phi) is 4.94. The first kappa shape index (κ1) is 18.8. The van der Waals surface area contributed by atoms with Gasteiger partial charge < -0.3 is 20.3 Å². The monoisotopic (exact) mass is 384 g/mol. The fraction of sp³-hybridized carbons (Fsp3) is 0.167. The van der Waals surface area contributed by atoms with Crippen molar-refractivity contribution in [3.8, 4) is 22.8 Å². The number of methoxy groups -OCH3 is 1. The lowest BCUT2D eigenvalue weighted by Crippen LogP contribution is -2.35. The molecule has 1 amide bonds. The second-order valence-corrected chi connectivity index (χ2v) is 5.82. The van der Waals surface area contributed by atoms with Crippen LogP contribution in [0, 0.1) is 0 Å². The van der Waals surface area contributed by atoms with Gasteiger partial charge in [0.15, 0.2) is 0 Å². The van der Waals surface area contributed by atoms with Gasteiger partial charge in [-0.05, 0) is 18.2 Å². The van der Waals surface area contributed by atoms with Crippen molar-refractivity contribution in [2.75, 3.05) is 13.7 Å². The predicted molar refractivity (Wildman–Crippen MR) is 98.4 cm³/mol. The molecule has 0 radical (unpaired) electrons. The second kappa shape index (κ2) is 7.35. The molecule has 0 aliphatic rings. The lowest BCUT2D eigenvalue weighted by molar-refractivity contribution is -0.135. The van der Waals surface area contributed by atoms with E-state index >= 15 is 0 Å². The molecular formula is C18H16N4O6. The minimum Gasteiger partial charge on any atom is -0.506 e. The van der Waals surface area contributed by atoms with Gasteiger partial charge in [-0.3, -0.25) is 19.0 Å². The van der Waals surface area contributed by atoms with Crippen LogP contribution in [0.2, 0.25) is 0 Å². The number of carbonyl (C=O) groups is 2. The Bertz CT molecular complexity index is 1150. The number of aromatic hydroxyl groups is 1. The number of hydrogen-bond donors (Lipinski definition) is 3. The topological polar surface area (TPSA) is 144 Å². The van der Waals surface area contributed by atoms with Crippen LogP contribution in [-0.4, -0.2) is 50.3 Å². The number of ether oxygens (including phenoxy) is 1. The summed E-state index contributed by atoms with van der Waals surface area (Å²) in [5.74, 6) is -2.52. The fourth-order valence-electron chi connectivity index (χ4n) is 2.77. The molecule has 3 N–H and O–H groups in total. The zero-order chi connectivity index (χ0) is 20.4. The maximum atomic E-state index is 12.5. The molecule has 0 aromatic carbocycles. The number of carboxylic acid groups (broad SMARTS) is 1. The predicted octanol–water partition coefficient (Wildman–Crippen LogP) is 0.524. The molecule has 0 unspecified atom stereocenters. The highest BCUT2D eigenvalue weighted by Gasteiger charge is 2.23. The molecule has 0 atom stereocenters. The highest BCUT2D eigenvalue weighted by molar-refractivity contribution is 6.03. The number of aryl methyl sites for hydroxylation is 1. The minimum absolute atomic E-state index is 0.144. The maximum absolute atomic E-state index is 12.5. The molecule has 28 heavy (non-hydrogen) atoms. The van der Waals surface area contributed by atoms with E-state index in [-0.39, 0.29) is 11.0 Å². The van der Waals surface area contributed by atoms with Crippen molar-refractivity contribution in [2.45, 2.75) is 0 Å². The summed E-state index contributed by atoms with van der Waals surface area (Å²) >= 11 is 0. The molecule has 3 rings (SSSR count). The van der Waals surface area contributed by atoms with Crippen molar-refractivity contribution < 1.29 is 24.5 Å². The summed E-state index contributed by atoms with van der Waals surface area (Å²) < 4.78 is 6.33. The molecule has 0 spiro atoms. The SMILES string of the molecule is COc1ncccc1-c1cnc2c(c1)c(O)c(C(=O)NCC(=O)O)c(=O)n2C. The normalized spacial score (nSPS) is 10.6. The van der Waals surface area contributed by atoms with Crippen LogP contribution < -0.4 is 15.6 Å². The number of carboxylic acids is 1. The Morgan fingerprint density at radius 2 is 2.07 bits per heavy atom. The number of aliphatic carboxylic acids is 1. The molecule has 0 saturated carbocycles. The van der Waals surface area contributed by atoms with E-state index in [4.69, 9.17) is 9.84 Å². The van der Waals surface area contributed by atoms with Gasteiger partial charge in [0.1, 0.15) is 23.5 Å². The van der Waals surface area contributed by atoms with E-state index in [1.165, 1.54) is 20.4 Å². The van der Waals surface area contributed by atoms with Gasteiger partial charge >= 0.3 is 5.97 Å². The number of pyridine rings is 3. The van der Waals surface area contributed by atoms with Gasteiger partial charge in [0.05, 0.1) is 12.5 Å². The van der Waals surface area contributed by atoms with Crippen molar-refractivity contribution in [1.29, 1.82) is 0 Å². The third-order valence-corrected chi connectivity index (χ3v) is 4.10. The molecule has 3 heterocycles. The van der Waals surface area contributed by atoms with Gasteiger partial charge in [-0.15, -0.1) is 0 Å². The van der Waals surface area contributed by atoms with Crippen molar-refractivity contribution in [3.05, 3.63) is 46.5 Å². The van der Waals surface area contributed by atoms with E-state index < -0.39 is 35.3 Å². The maximum Gasteiger partial charge on any atom is 0.322 e. The molecule has 0 saturated heterocycles.